The van der Waals surface area contributed by atoms with E-state index in [9.17, 15) is 0 Å². The van der Waals surface area contributed by atoms with Crippen LogP contribution < -0.4 is 0 Å². The van der Waals surface area contributed by atoms with Crippen molar-refractivity contribution in [1.82, 2.24) is 0 Å². The van der Waals surface area contributed by atoms with E-state index in [1.165, 1.54) is 0 Å². The monoisotopic (exact) mass is 150 g/mol. The van der Waals surface area contributed by atoms with Crippen LogP contribution in [0.3, 0.4) is 0 Å². The number of hydrogen-bond acceptors (Lipinski definition) is 1. The summed E-state index contributed by atoms with van der Waals surface area (Å²) in [4.78, 5) is 0. The first kappa shape index (κ1) is 9.35. The summed E-state index contributed by atoms with van der Waals surface area (Å²) in [5.74, 6) is 0. The summed E-state index contributed by atoms with van der Waals surface area (Å²) in [6, 6.07) is 0. The molecule has 0 amide bonds. The van der Waals surface area contributed by atoms with E-state index < -0.39 is 0 Å². The summed E-state index contributed by atoms with van der Waals surface area (Å²) in [6.07, 6.45) is 0. The Morgan fingerprint density at radius 3 is 1.40 bits per heavy atom. The fourth-order valence-corrected chi connectivity index (χ4v) is 0. The van der Waals surface area contributed by atoms with Crippen molar-refractivity contribution >= 4 is 51.6 Å². The van der Waals surface area contributed by atoms with E-state index in [2.05, 4.69) is 12.2 Å². The van der Waals surface area contributed by atoms with Gasteiger partial charge in [-0.1, -0.05) is 35.4 Å². The minimum absolute atomic E-state index is 0. The molecule has 0 heterocycles. The van der Waals surface area contributed by atoms with Crippen LogP contribution in [0.4, 0.5) is 0 Å². The number of halogens is 3. The Morgan fingerprint density at radius 1 is 1.40 bits per heavy atom. The van der Waals surface area contributed by atoms with Gasteiger partial charge in [-0.05, 0) is 0 Å². The topological polar surface area (TPSA) is 0 Å². The molecule has 0 aliphatic rings. The van der Waals surface area contributed by atoms with E-state index in [-0.39, 0.29) is 16.2 Å². The van der Waals surface area contributed by atoms with E-state index in [0.717, 1.165) is 0 Å². The smallest absolute Gasteiger partial charge is 0.147 e. The predicted molar refractivity (Wildman–Crippen MR) is 31.6 cm³/mol. The first-order valence-corrected chi connectivity index (χ1v) is 1.75. The van der Waals surface area contributed by atoms with E-state index >= 15 is 0 Å². The van der Waals surface area contributed by atoms with Crippen molar-refractivity contribution < 1.29 is 0 Å². The highest BCUT2D eigenvalue weighted by atomic mass is 35.5. The Morgan fingerprint density at radius 2 is 1.40 bits per heavy atom. The quantitative estimate of drug-likeness (QED) is 0.378. The summed E-state index contributed by atoms with van der Waals surface area (Å²) in [5.41, 5.74) is 0. The molecule has 0 radical (unpaired) electrons. The molecule has 0 N–H and O–H groups in total. The zero-order valence-electron chi connectivity index (χ0n) is 2.07. The highest BCUT2D eigenvalue weighted by Crippen LogP contribution is 1.86. The van der Waals surface area contributed by atoms with Crippen LogP contribution in [-0.2, 0) is 0 Å². The summed E-state index contributed by atoms with van der Waals surface area (Å²) in [5, 5.41) is 0. The maximum atomic E-state index is 4.77. The Bertz CT molecular complexity index is 29.9. The lowest BCUT2D eigenvalue weighted by Crippen LogP contribution is -1.45. The zero-order valence-corrected chi connectivity index (χ0v) is 5.22. The van der Waals surface area contributed by atoms with Crippen LogP contribution in [0.15, 0.2) is 0 Å². The van der Waals surface area contributed by atoms with Gasteiger partial charge in [0.1, 0.15) is 0 Å². The summed E-state index contributed by atoms with van der Waals surface area (Å²) < 4.78 is -0.0556. The minimum atomic E-state index is -0.0556. The molecule has 0 nitrogen and oxygen atoms in total. The van der Waals surface area contributed by atoms with Gasteiger partial charge in [-0.3, -0.25) is 0 Å². The second kappa shape index (κ2) is 4.96. The van der Waals surface area contributed by atoms with Gasteiger partial charge in [0, 0.05) is 0 Å². The lowest BCUT2D eigenvalue weighted by molar-refractivity contribution is 3.87. The highest BCUT2D eigenvalue weighted by molar-refractivity contribution is 7.86. The summed E-state index contributed by atoms with van der Waals surface area (Å²) >= 11 is 13.6. The molecule has 0 rings (SSSR count). The minimum Gasteiger partial charge on any atom is -0.147 e. The predicted octanol–water partition coefficient (Wildman–Crippen LogP) is 2.17. The average Bonchev–Trinajstić information content (AvgIpc) is 0.811. The first-order chi connectivity index (χ1) is 1.73. The maximum Gasteiger partial charge on any atom is 0.169 e. The largest absolute Gasteiger partial charge is 0.169 e. The van der Waals surface area contributed by atoms with Crippen LogP contribution in [-0.4, -0.2) is 3.78 Å². The SMILES string of the molecule is Cl.S=C(Cl)Cl. The molecule has 0 aliphatic carbocycles. The van der Waals surface area contributed by atoms with Crippen LogP contribution in [0, 0.1) is 0 Å². The van der Waals surface area contributed by atoms with Crippen LogP contribution in [0.5, 0.6) is 0 Å². The van der Waals surface area contributed by atoms with E-state index in [4.69, 9.17) is 23.2 Å². The van der Waals surface area contributed by atoms with Gasteiger partial charge in [-0.2, -0.15) is 0 Å². The van der Waals surface area contributed by atoms with Crippen molar-refractivity contribution in [1.29, 1.82) is 0 Å². The van der Waals surface area contributed by atoms with Gasteiger partial charge in [-0.15, -0.1) is 12.4 Å². The van der Waals surface area contributed by atoms with E-state index in [0.29, 0.717) is 0 Å². The van der Waals surface area contributed by atoms with Crippen molar-refractivity contribution in [2.75, 3.05) is 0 Å². The molecule has 0 aromatic carbocycles. The van der Waals surface area contributed by atoms with E-state index in [1.54, 1.807) is 0 Å². The van der Waals surface area contributed by atoms with Gasteiger partial charge in [-0.25, -0.2) is 0 Å². The molecule has 4 heteroatoms. The van der Waals surface area contributed by atoms with Gasteiger partial charge < -0.3 is 0 Å². The van der Waals surface area contributed by atoms with Crippen LogP contribution in [0.1, 0.15) is 0 Å². The highest BCUT2D eigenvalue weighted by Gasteiger charge is 1.64. The molecule has 0 aromatic heterocycles. The third-order valence-corrected chi connectivity index (χ3v) is 0. The fraction of sp³-hybridized carbons (Fsp3) is 0. The van der Waals surface area contributed by atoms with Crippen molar-refractivity contribution in [3.05, 3.63) is 0 Å². The molecule has 0 saturated heterocycles. The maximum absolute atomic E-state index is 4.77. The van der Waals surface area contributed by atoms with Gasteiger partial charge in [0.25, 0.3) is 0 Å². The van der Waals surface area contributed by atoms with Crippen molar-refractivity contribution in [2.24, 2.45) is 0 Å². The van der Waals surface area contributed by atoms with Crippen LogP contribution in [0.2, 0.25) is 0 Å². The van der Waals surface area contributed by atoms with Gasteiger partial charge >= 0.3 is 0 Å². The standard InChI is InChI=1S/CCl2S.ClH/c2-1(3)4;/h;1H. The molecular weight excluding hydrogens is 150 g/mol. The lowest BCUT2D eigenvalue weighted by atomic mass is 11.9. The normalized spacial score (nSPS) is 5.20. The molecule has 32 valence electrons. The third kappa shape index (κ3) is 47.2. The molecule has 0 fully saturated rings. The molecule has 0 spiro atoms. The zero-order chi connectivity index (χ0) is 3.58. The first-order valence-electron chi connectivity index (χ1n) is 0.582. The lowest BCUT2D eigenvalue weighted by Gasteiger charge is -1.53. The second-order valence-corrected chi connectivity index (χ2v) is 2.03. The molecular formula is CHCl3S. The van der Waals surface area contributed by atoms with Gasteiger partial charge in [0.15, 0.2) is 3.78 Å². The Hall–Kier alpha value is 0.960. The summed E-state index contributed by atoms with van der Waals surface area (Å²) in [7, 11) is 0. The average molecular weight is 151 g/mol. The molecule has 5 heavy (non-hydrogen) atoms. The van der Waals surface area contributed by atoms with Crippen molar-refractivity contribution in [3.63, 3.8) is 0 Å². The van der Waals surface area contributed by atoms with Crippen molar-refractivity contribution in [2.45, 2.75) is 0 Å². The van der Waals surface area contributed by atoms with Gasteiger partial charge in [0.2, 0.25) is 0 Å². The van der Waals surface area contributed by atoms with E-state index in [1.807, 2.05) is 0 Å². The van der Waals surface area contributed by atoms with Crippen molar-refractivity contribution in [3.8, 4) is 0 Å². The molecule has 0 unspecified atom stereocenters. The number of hydrogen-bond donors (Lipinski definition) is 0. The van der Waals surface area contributed by atoms with Crippen LogP contribution >= 0.6 is 47.8 Å². The second-order valence-electron chi connectivity index (χ2n) is 0.226. The fourth-order valence-electron chi connectivity index (χ4n) is 0. The molecule has 0 aliphatic heterocycles. The molecule has 0 saturated carbocycles. The molecule has 0 atom stereocenters. The molecule has 0 aromatic rings. The number of thiocarbonyl (C=S) groups is 1. The Balaban J connectivity index is 0. The third-order valence-electron chi connectivity index (χ3n) is 0. The van der Waals surface area contributed by atoms with Gasteiger partial charge in [0.05, 0.1) is 0 Å². The Labute approximate surface area is 51.9 Å². The Kier molecular flexibility index (Phi) is 9.28. The number of rotatable bonds is 0. The summed E-state index contributed by atoms with van der Waals surface area (Å²) in [6.45, 7) is 0. The van der Waals surface area contributed by atoms with Crippen LogP contribution in [0.25, 0.3) is 0 Å². The molecule has 0 bridgehead atoms.